The molecule has 0 unspecified atom stereocenters. The van der Waals surface area contributed by atoms with Gasteiger partial charge in [0.2, 0.25) is 0 Å². The highest BCUT2D eigenvalue weighted by atomic mass is 35.5. The predicted octanol–water partition coefficient (Wildman–Crippen LogP) is 2.40. The van der Waals surface area contributed by atoms with Gasteiger partial charge >= 0.3 is 0 Å². The second-order valence-electron chi connectivity index (χ2n) is 4.09. The second kappa shape index (κ2) is 6.17. The van der Waals surface area contributed by atoms with Crippen LogP contribution in [0.1, 0.15) is 18.9 Å². The van der Waals surface area contributed by atoms with Crippen molar-refractivity contribution in [3.63, 3.8) is 0 Å². The van der Waals surface area contributed by atoms with Crippen molar-refractivity contribution in [2.24, 2.45) is 0 Å². The number of thiazole rings is 1. The zero-order chi connectivity index (χ0) is 10.8. The molecule has 0 amide bonds. The fourth-order valence-corrected chi connectivity index (χ4v) is 2.96. The largest absolute Gasteiger partial charge is 0.314 e. The van der Waals surface area contributed by atoms with Gasteiger partial charge in [0.1, 0.15) is 9.34 Å². The minimum absolute atomic E-state index is 0. The molecule has 1 N–H and O–H groups in total. The molecule has 1 aliphatic heterocycles. The van der Waals surface area contributed by atoms with Crippen molar-refractivity contribution in [3.8, 4) is 0 Å². The molecule has 0 bridgehead atoms. The SMILES string of the molecule is C[C@@H]1CNC[C@H](C)N1Cc1ncc(Cl)s1.Cl. The third kappa shape index (κ3) is 3.31. The Balaban J connectivity index is 0.00000128. The van der Waals surface area contributed by atoms with Crippen LogP contribution in [-0.2, 0) is 6.54 Å². The van der Waals surface area contributed by atoms with Gasteiger partial charge in [-0.2, -0.15) is 0 Å². The Hall–Kier alpha value is 0.130. The van der Waals surface area contributed by atoms with E-state index < -0.39 is 0 Å². The molecule has 0 saturated carbocycles. The van der Waals surface area contributed by atoms with Gasteiger partial charge in [-0.05, 0) is 13.8 Å². The highest BCUT2D eigenvalue weighted by Gasteiger charge is 2.24. The number of aromatic nitrogens is 1. The lowest BCUT2D eigenvalue weighted by atomic mass is 10.1. The smallest absolute Gasteiger partial charge is 0.113 e. The summed E-state index contributed by atoms with van der Waals surface area (Å²) in [5.41, 5.74) is 0. The van der Waals surface area contributed by atoms with Crippen molar-refractivity contribution in [1.82, 2.24) is 15.2 Å². The number of nitrogens with one attached hydrogen (secondary N) is 1. The average molecular weight is 282 g/mol. The summed E-state index contributed by atoms with van der Waals surface area (Å²) in [5, 5.41) is 4.53. The summed E-state index contributed by atoms with van der Waals surface area (Å²) in [6.07, 6.45) is 1.74. The van der Waals surface area contributed by atoms with Crippen LogP contribution >= 0.6 is 35.3 Å². The van der Waals surface area contributed by atoms with Crippen LogP contribution in [0.2, 0.25) is 4.34 Å². The molecular weight excluding hydrogens is 265 g/mol. The maximum atomic E-state index is 5.88. The van der Waals surface area contributed by atoms with Gasteiger partial charge in [-0.1, -0.05) is 11.6 Å². The fraction of sp³-hybridized carbons (Fsp3) is 0.700. The van der Waals surface area contributed by atoms with Crippen molar-refractivity contribution in [2.45, 2.75) is 32.5 Å². The Morgan fingerprint density at radius 3 is 2.62 bits per heavy atom. The molecule has 0 spiro atoms. The summed E-state index contributed by atoms with van der Waals surface area (Å²) in [4.78, 5) is 6.78. The van der Waals surface area contributed by atoms with Crippen LogP contribution in [-0.4, -0.2) is 35.1 Å². The summed E-state index contributed by atoms with van der Waals surface area (Å²) < 4.78 is 0.778. The van der Waals surface area contributed by atoms with E-state index in [2.05, 4.69) is 29.0 Å². The van der Waals surface area contributed by atoms with E-state index in [4.69, 9.17) is 11.6 Å². The highest BCUT2D eigenvalue weighted by Crippen LogP contribution is 2.22. The number of hydrogen-bond donors (Lipinski definition) is 1. The molecule has 0 aliphatic carbocycles. The van der Waals surface area contributed by atoms with Crippen LogP contribution < -0.4 is 5.32 Å². The van der Waals surface area contributed by atoms with Gasteiger partial charge in [0, 0.05) is 25.2 Å². The Morgan fingerprint density at radius 2 is 2.12 bits per heavy atom. The number of rotatable bonds is 2. The quantitative estimate of drug-likeness (QED) is 0.903. The van der Waals surface area contributed by atoms with Crippen LogP contribution in [0.5, 0.6) is 0 Å². The van der Waals surface area contributed by atoms with Gasteiger partial charge in [-0.3, -0.25) is 4.90 Å². The predicted molar refractivity (Wildman–Crippen MR) is 71.7 cm³/mol. The van der Waals surface area contributed by atoms with Gasteiger partial charge in [0.25, 0.3) is 0 Å². The standard InChI is InChI=1S/C10H16ClN3S.ClH/c1-7-3-12-4-8(2)14(7)6-10-13-5-9(11)15-10;/h5,7-8,12H,3-4,6H2,1-2H3;1H/t7-,8+;. The van der Waals surface area contributed by atoms with Gasteiger partial charge in [-0.25, -0.2) is 4.98 Å². The van der Waals surface area contributed by atoms with Crippen LogP contribution in [0, 0.1) is 0 Å². The van der Waals surface area contributed by atoms with Gasteiger partial charge in [0.15, 0.2) is 0 Å². The van der Waals surface area contributed by atoms with Crippen molar-refractivity contribution in [1.29, 1.82) is 0 Å². The van der Waals surface area contributed by atoms with Crippen LogP contribution in [0.3, 0.4) is 0 Å². The number of nitrogens with zero attached hydrogens (tertiary/aromatic N) is 2. The van der Waals surface area contributed by atoms with Gasteiger partial charge < -0.3 is 5.32 Å². The molecule has 3 nitrogen and oxygen atoms in total. The summed E-state index contributed by atoms with van der Waals surface area (Å²) >= 11 is 7.45. The first-order valence-corrected chi connectivity index (χ1v) is 6.43. The Kier molecular flexibility index (Phi) is 5.47. The normalized spacial score (nSPS) is 26.4. The van der Waals surface area contributed by atoms with E-state index in [0.717, 1.165) is 29.0 Å². The monoisotopic (exact) mass is 281 g/mol. The average Bonchev–Trinajstić information content (AvgIpc) is 2.58. The first kappa shape index (κ1) is 14.2. The van der Waals surface area contributed by atoms with E-state index in [1.165, 1.54) is 0 Å². The number of piperazine rings is 1. The van der Waals surface area contributed by atoms with Crippen molar-refractivity contribution in [2.75, 3.05) is 13.1 Å². The van der Waals surface area contributed by atoms with Crippen LogP contribution in [0.25, 0.3) is 0 Å². The zero-order valence-corrected chi connectivity index (χ0v) is 11.8. The minimum atomic E-state index is 0. The first-order chi connectivity index (χ1) is 7.16. The number of hydrogen-bond acceptors (Lipinski definition) is 4. The molecular formula is C10H17Cl2N3S. The minimum Gasteiger partial charge on any atom is -0.314 e. The van der Waals surface area contributed by atoms with E-state index in [1.807, 2.05) is 0 Å². The molecule has 1 aromatic heterocycles. The maximum absolute atomic E-state index is 5.88. The van der Waals surface area contributed by atoms with Crippen molar-refractivity contribution in [3.05, 3.63) is 15.5 Å². The molecule has 1 saturated heterocycles. The zero-order valence-electron chi connectivity index (χ0n) is 9.44. The summed E-state index contributed by atoms with van der Waals surface area (Å²) in [6.45, 7) is 7.53. The van der Waals surface area contributed by atoms with E-state index in [0.29, 0.717) is 12.1 Å². The Morgan fingerprint density at radius 1 is 1.50 bits per heavy atom. The lowest BCUT2D eigenvalue weighted by Crippen LogP contribution is -2.54. The molecule has 2 heterocycles. The highest BCUT2D eigenvalue weighted by molar-refractivity contribution is 7.15. The molecule has 1 aromatic rings. The lowest BCUT2D eigenvalue weighted by Gasteiger charge is -2.38. The van der Waals surface area contributed by atoms with E-state index in [9.17, 15) is 0 Å². The Labute approximate surface area is 112 Å². The third-order valence-corrected chi connectivity index (χ3v) is 3.95. The molecule has 6 heteroatoms. The molecule has 0 aromatic carbocycles. The third-order valence-electron chi connectivity index (χ3n) is 2.85. The van der Waals surface area contributed by atoms with E-state index >= 15 is 0 Å². The summed E-state index contributed by atoms with van der Waals surface area (Å²) in [6, 6.07) is 1.13. The van der Waals surface area contributed by atoms with Gasteiger partial charge in [0.05, 0.1) is 12.7 Å². The first-order valence-electron chi connectivity index (χ1n) is 5.23. The maximum Gasteiger partial charge on any atom is 0.113 e. The number of halogens is 2. The molecule has 1 aliphatic rings. The fourth-order valence-electron chi connectivity index (χ4n) is 2.00. The van der Waals surface area contributed by atoms with Gasteiger partial charge in [-0.15, -0.1) is 23.7 Å². The van der Waals surface area contributed by atoms with Crippen molar-refractivity contribution < 1.29 is 0 Å². The van der Waals surface area contributed by atoms with E-state index in [1.54, 1.807) is 17.5 Å². The van der Waals surface area contributed by atoms with E-state index in [-0.39, 0.29) is 12.4 Å². The van der Waals surface area contributed by atoms with Crippen LogP contribution in [0.15, 0.2) is 6.20 Å². The molecule has 2 atom stereocenters. The molecule has 92 valence electrons. The lowest BCUT2D eigenvalue weighted by molar-refractivity contribution is 0.108. The Bertz CT molecular complexity index is 322. The summed E-state index contributed by atoms with van der Waals surface area (Å²) in [7, 11) is 0. The van der Waals surface area contributed by atoms with Crippen LogP contribution in [0.4, 0.5) is 0 Å². The molecule has 1 fully saturated rings. The second-order valence-corrected chi connectivity index (χ2v) is 5.83. The van der Waals surface area contributed by atoms with Crippen molar-refractivity contribution >= 4 is 35.3 Å². The molecule has 16 heavy (non-hydrogen) atoms. The topological polar surface area (TPSA) is 28.2 Å². The summed E-state index contributed by atoms with van der Waals surface area (Å²) in [5.74, 6) is 0. The molecule has 0 radical (unpaired) electrons. The molecule has 2 rings (SSSR count).